The number of rotatable bonds is 6. The third-order valence-corrected chi connectivity index (χ3v) is 6.13. The molecular formula is C31H28N4O4. The van der Waals surface area contributed by atoms with E-state index in [9.17, 15) is 14.4 Å². The minimum Gasteiger partial charge on any atom is -0.459 e. The molecule has 0 atom stereocenters. The number of carbonyl (C=O) groups is 3. The quantitative estimate of drug-likeness (QED) is 0.222. The Kier molecular flexibility index (Phi) is 8.84. The molecule has 1 aliphatic carbocycles. The minimum atomic E-state index is -0.537. The van der Waals surface area contributed by atoms with Gasteiger partial charge in [0, 0.05) is 33.9 Å². The molecule has 0 bridgehead atoms. The molecule has 1 aliphatic rings. The first-order valence-corrected chi connectivity index (χ1v) is 12.6. The second-order valence-electron chi connectivity index (χ2n) is 9.07. The zero-order valence-corrected chi connectivity index (χ0v) is 21.3. The maximum Gasteiger partial charge on any atom is 0.338 e. The number of hydrogen-bond acceptors (Lipinski definition) is 4. The van der Waals surface area contributed by atoms with Gasteiger partial charge < -0.3 is 26.0 Å². The summed E-state index contributed by atoms with van der Waals surface area (Å²) in [7, 11) is 0. The average Bonchev–Trinajstić information content (AvgIpc) is 2.94. The van der Waals surface area contributed by atoms with Crippen LogP contribution in [-0.2, 0) is 4.74 Å². The topological polar surface area (TPSA) is 109 Å². The monoisotopic (exact) mass is 520 g/mol. The highest BCUT2D eigenvalue weighted by atomic mass is 16.5. The van der Waals surface area contributed by atoms with E-state index in [-0.39, 0.29) is 11.7 Å². The van der Waals surface area contributed by atoms with E-state index in [1.807, 2.05) is 0 Å². The van der Waals surface area contributed by atoms with Gasteiger partial charge in [0.15, 0.2) is 0 Å². The SMILES string of the molecule is C#Cc1ccc(NC(=O)Nc2cc(NC(=O)Nc3ccc(C#C)cc3)cc(C(=O)OC3CCCCC3)c2)cc1. The van der Waals surface area contributed by atoms with Gasteiger partial charge in [-0.3, -0.25) is 0 Å². The number of ether oxygens (including phenoxy) is 1. The highest BCUT2D eigenvalue weighted by molar-refractivity contribution is 6.04. The summed E-state index contributed by atoms with van der Waals surface area (Å²) in [5.41, 5.74) is 3.22. The summed E-state index contributed by atoms with van der Waals surface area (Å²) in [6.07, 6.45) is 15.4. The third-order valence-electron chi connectivity index (χ3n) is 6.13. The van der Waals surface area contributed by atoms with Gasteiger partial charge in [-0.25, -0.2) is 14.4 Å². The number of anilines is 4. The van der Waals surface area contributed by atoms with Crippen molar-refractivity contribution in [3.05, 3.63) is 83.4 Å². The second-order valence-corrected chi connectivity index (χ2v) is 9.07. The van der Waals surface area contributed by atoms with Crippen LogP contribution in [0.1, 0.15) is 53.6 Å². The Labute approximate surface area is 227 Å². The van der Waals surface area contributed by atoms with Gasteiger partial charge in [0.1, 0.15) is 6.10 Å². The van der Waals surface area contributed by atoms with E-state index in [2.05, 4.69) is 33.1 Å². The number of esters is 1. The molecule has 196 valence electrons. The molecule has 1 saturated carbocycles. The van der Waals surface area contributed by atoms with Crippen LogP contribution in [0.15, 0.2) is 66.7 Å². The highest BCUT2D eigenvalue weighted by Gasteiger charge is 2.20. The maximum absolute atomic E-state index is 13.0. The molecule has 4 rings (SSSR count). The molecule has 39 heavy (non-hydrogen) atoms. The van der Waals surface area contributed by atoms with E-state index in [1.54, 1.807) is 54.6 Å². The fourth-order valence-corrected chi connectivity index (χ4v) is 4.18. The van der Waals surface area contributed by atoms with Crippen LogP contribution in [0.3, 0.4) is 0 Å². The van der Waals surface area contributed by atoms with Crippen molar-refractivity contribution in [2.24, 2.45) is 0 Å². The lowest BCUT2D eigenvalue weighted by Crippen LogP contribution is -2.23. The summed E-state index contributed by atoms with van der Waals surface area (Å²) in [6, 6.07) is 17.0. The molecule has 0 aliphatic heterocycles. The van der Waals surface area contributed by atoms with E-state index in [0.717, 1.165) is 32.1 Å². The summed E-state index contributed by atoms with van der Waals surface area (Å²) < 4.78 is 5.70. The molecule has 0 radical (unpaired) electrons. The van der Waals surface area contributed by atoms with Gasteiger partial charge in [0.25, 0.3) is 0 Å². The van der Waals surface area contributed by atoms with Crippen molar-refractivity contribution >= 4 is 40.8 Å². The lowest BCUT2D eigenvalue weighted by atomic mass is 9.98. The van der Waals surface area contributed by atoms with Crippen molar-refractivity contribution in [1.29, 1.82) is 0 Å². The zero-order valence-electron chi connectivity index (χ0n) is 21.3. The van der Waals surface area contributed by atoms with E-state index in [1.165, 1.54) is 12.1 Å². The molecule has 0 saturated heterocycles. The van der Waals surface area contributed by atoms with Gasteiger partial charge in [0.2, 0.25) is 0 Å². The fraction of sp³-hybridized carbons (Fsp3) is 0.194. The molecule has 8 nitrogen and oxygen atoms in total. The van der Waals surface area contributed by atoms with Crippen molar-refractivity contribution < 1.29 is 19.1 Å². The first-order valence-electron chi connectivity index (χ1n) is 12.6. The Morgan fingerprint density at radius 3 is 1.51 bits per heavy atom. The molecule has 0 aromatic heterocycles. The normalized spacial score (nSPS) is 12.8. The van der Waals surface area contributed by atoms with Crippen molar-refractivity contribution in [2.45, 2.75) is 38.2 Å². The molecule has 0 unspecified atom stereocenters. The summed E-state index contributed by atoms with van der Waals surface area (Å²) >= 11 is 0. The van der Waals surface area contributed by atoms with Crippen LogP contribution in [0.4, 0.5) is 32.3 Å². The van der Waals surface area contributed by atoms with Gasteiger partial charge in [-0.15, -0.1) is 12.8 Å². The lowest BCUT2D eigenvalue weighted by molar-refractivity contribution is 0.0211. The lowest BCUT2D eigenvalue weighted by Gasteiger charge is -2.22. The van der Waals surface area contributed by atoms with Gasteiger partial charge >= 0.3 is 18.0 Å². The third kappa shape index (κ3) is 7.88. The first kappa shape index (κ1) is 26.8. The Balaban J connectivity index is 1.50. The number of hydrogen-bond donors (Lipinski definition) is 4. The van der Waals surface area contributed by atoms with Crippen molar-refractivity contribution in [2.75, 3.05) is 21.3 Å². The van der Waals surface area contributed by atoms with Crippen molar-refractivity contribution in [3.8, 4) is 24.7 Å². The molecule has 3 aromatic carbocycles. The van der Waals surface area contributed by atoms with E-state index < -0.39 is 18.0 Å². The summed E-state index contributed by atoms with van der Waals surface area (Å²) in [6.45, 7) is 0. The fourth-order valence-electron chi connectivity index (χ4n) is 4.18. The Morgan fingerprint density at radius 1 is 0.641 bits per heavy atom. The van der Waals surface area contributed by atoms with Crippen LogP contribution in [0.25, 0.3) is 0 Å². The number of amides is 4. The molecule has 4 amide bonds. The van der Waals surface area contributed by atoms with Crippen molar-refractivity contribution in [1.82, 2.24) is 0 Å². The second kappa shape index (κ2) is 12.8. The van der Waals surface area contributed by atoms with Crippen LogP contribution in [0.5, 0.6) is 0 Å². The van der Waals surface area contributed by atoms with Crippen LogP contribution in [0.2, 0.25) is 0 Å². The Morgan fingerprint density at radius 2 is 1.08 bits per heavy atom. The zero-order chi connectivity index (χ0) is 27.6. The maximum atomic E-state index is 13.0. The summed E-state index contributed by atoms with van der Waals surface area (Å²) in [4.78, 5) is 38.3. The van der Waals surface area contributed by atoms with Gasteiger partial charge in [-0.2, -0.15) is 0 Å². The van der Waals surface area contributed by atoms with Gasteiger partial charge in [-0.05, 0) is 92.4 Å². The summed E-state index contributed by atoms with van der Waals surface area (Å²) in [5, 5.41) is 10.8. The van der Waals surface area contributed by atoms with Crippen molar-refractivity contribution in [3.63, 3.8) is 0 Å². The number of benzene rings is 3. The molecule has 0 heterocycles. The molecule has 1 fully saturated rings. The highest BCUT2D eigenvalue weighted by Crippen LogP contribution is 2.25. The van der Waals surface area contributed by atoms with Crippen LogP contribution in [0, 0.1) is 24.7 Å². The van der Waals surface area contributed by atoms with E-state index >= 15 is 0 Å². The predicted molar refractivity (Wildman–Crippen MR) is 153 cm³/mol. The van der Waals surface area contributed by atoms with Gasteiger partial charge in [0.05, 0.1) is 5.56 Å². The first-order chi connectivity index (χ1) is 18.9. The molecular weight excluding hydrogens is 492 g/mol. The molecule has 8 heteroatoms. The minimum absolute atomic E-state index is 0.150. The largest absolute Gasteiger partial charge is 0.459 e. The van der Waals surface area contributed by atoms with Crippen LogP contribution < -0.4 is 21.3 Å². The molecule has 3 aromatic rings. The van der Waals surface area contributed by atoms with Crippen LogP contribution in [-0.4, -0.2) is 24.1 Å². The Hall–Kier alpha value is -5.21. The molecule has 4 N–H and O–H groups in total. The van der Waals surface area contributed by atoms with E-state index in [4.69, 9.17) is 17.6 Å². The number of urea groups is 2. The standard InChI is InChI=1S/C31H28N4O4/c1-3-21-10-14-24(15-11-21)32-30(37)34-26-18-23(29(36)39-28-8-6-5-7-9-28)19-27(20-26)35-31(38)33-25-16-12-22(4-2)13-17-25/h1-2,10-20,28H,5-9H2,(H2,32,34,37)(H2,33,35,38). The number of carbonyl (C=O) groups excluding carboxylic acids is 3. The number of nitrogens with one attached hydrogen (secondary N) is 4. The van der Waals surface area contributed by atoms with Crippen LogP contribution >= 0.6 is 0 Å². The van der Waals surface area contributed by atoms with E-state index in [0.29, 0.717) is 33.9 Å². The molecule has 0 spiro atoms. The average molecular weight is 521 g/mol. The number of terminal acetylenes is 2. The Bertz CT molecular complexity index is 1340. The summed E-state index contributed by atoms with van der Waals surface area (Å²) in [5.74, 6) is 4.51. The smallest absolute Gasteiger partial charge is 0.338 e. The van der Waals surface area contributed by atoms with Gasteiger partial charge in [-0.1, -0.05) is 18.3 Å². The predicted octanol–water partition coefficient (Wildman–Crippen LogP) is 6.43.